The summed E-state index contributed by atoms with van der Waals surface area (Å²) < 4.78 is 2.40. The number of carbonyl (C=O) groups is 1. The fourth-order valence-corrected chi connectivity index (χ4v) is 5.11. The molecule has 3 aromatic rings. The summed E-state index contributed by atoms with van der Waals surface area (Å²) in [4.78, 5) is 12.7. The molecule has 4 nitrogen and oxygen atoms in total. The maximum absolute atomic E-state index is 12.7. The predicted octanol–water partition coefficient (Wildman–Crippen LogP) is 5.46. The van der Waals surface area contributed by atoms with Gasteiger partial charge in [-0.25, -0.2) is 5.01 Å². The van der Waals surface area contributed by atoms with Crippen molar-refractivity contribution in [1.82, 2.24) is 9.58 Å². The van der Waals surface area contributed by atoms with Gasteiger partial charge < -0.3 is 4.57 Å². The van der Waals surface area contributed by atoms with Gasteiger partial charge in [0.2, 0.25) is 5.91 Å². The Hall–Kier alpha value is -2.88. The highest BCUT2D eigenvalue weighted by molar-refractivity contribution is 6.07. The molecule has 0 N–H and O–H groups in total. The summed E-state index contributed by atoms with van der Waals surface area (Å²) >= 11 is 0. The van der Waals surface area contributed by atoms with Gasteiger partial charge in [0.1, 0.15) is 0 Å². The van der Waals surface area contributed by atoms with E-state index in [4.69, 9.17) is 5.10 Å². The van der Waals surface area contributed by atoms with Crippen molar-refractivity contribution in [3.05, 3.63) is 71.4 Å². The van der Waals surface area contributed by atoms with Crippen LogP contribution in [-0.2, 0) is 17.8 Å². The van der Waals surface area contributed by atoms with Crippen molar-refractivity contribution in [2.75, 3.05) is 0 Å². The molecule has 5 rings (SSSR count). The van der Waals surface area contributed by atoms with Crippen molar-refractivity contribution < 1.29 is 4.79 Å². The number of benzene rings is 2. The third-order valence-electron chi connectivity index (χ3n) is 6.71. The number of hydrazone groups is 1. The number of amides is 1. The van der Waals surface area contributed by atoms with Crippen LogP contribution in [0.4, 0.5) is 0 Å². The summed E-state index contributed by atoms with van der Waals surface area (Å²) in [5.74, 6) is 0.183. The minimum absolute atomic E-state index is 0.183. The quantitative estimate of drug-likeness (QED) is 0.561. The normalized spacial score (nSPS) is 17.7. The maximum Gasteiger partial charge on any atom is 0.248 e. The maximum atomic E-state index is 12.7. The smallest absolute Gasteiger partial charge is 0.248 e. The van der Waals surface area contributed by atoms with E-state index in [9.17, 15) is 4.79 Å². The number of aromatic nitrogens is 1. The summed E-state index contributed by atoms with van der Waals surface area (Å²) in [7, 11) is 0. The van der Waals surface area contributed by atoms with E-state index in [0.717, 1.165) is 31.5 Å². The first-order chi connectivity index (χ1) is 14.7. The van der Waals surface area contributed by atoms with Crippen LogP contribution >= 0.6 is 0 Å². The number of carbonyl (C=O) groups excluding carboxylic acids is 1. The Balaban J connectivity index is 1.46. The molecular weight excluding hydrogens is 370 g/mol. The largest absolute Gasteiger partial charge is 0.340 e. The fourth-order valence-electron chi connectivity index (χ4n) is 5.11. The Morgan fingerprint density at radius 3 is 2.50 bits per heavy atom. The molecule has 0 atom stereocenters. The standard InChI is InChI=1S/C26H29N3O/c1-19-24(16-21-17-26(30)29(27-21)22-12-6-3-7-13-22)23-14-8-9-15-25(23)28(19)18-20-10-4-2-5-11-20/h2,4-5,8-11,14-15,22H,3,6-7,12-13,16-18H2,1H3. The van der Waals surface area contributed by atoms with Crippen molar-refractivity contribution in [2.24, 2.45) is 5.10 Å². The minimum atomic E-state index is 0.183. The number of para-hydroxylation sites is 1. The Morgan fingerprint density at radius 1 is 0.967 bits per heavy atom. The van der Waals surface area contributed by atoms with Gasteiger partial charge in [-0.3, -0.25) is 4.79 Å². The van der Waals surface area contributed by atoms with E-state index in [1.54, 1.807) is 0 Å². The van der Waals surface area contributed by atoms with Crippen LogP contribution < -0.4 is 0 Å². The molecule has 0 spiro atoms. The molecule has 4 heteroatoms. The average Bonchev–Trinajstić information content (AvgIpc) is 3.28. The molecule has 1 amide bonds. The van der Waals surface area contributed by atoms with Crippen LogP contribution in [0.25, 0.3) is 10.9 Å². The Morgan fingerprint density at radius 2 is 1.70 bits per heavy atom. The third kappa shape index (κ3) is 3.55. The molecule has 154 valence electrons. The average molecular weight is 400 g/mol. The second-order valence-electron chi connectivity index (χ2n) is 8.70. The van der Waals surface area contributed by atoms with Gasteiger partial charge in [0.25, 0.3) is 0 Å². The van der Waals surface area contributed by atoms with E-state index in [1.165, 1.54) is 47.0 Å². The monoisotopic (exact) mass is 399 g/mol. The molecule has 0 unspecified atom stereocenters. The molecule has 1 aliphatic carbocycles. The van der Waals surface area contributed by atoms with Crippen LogP contribution in [0, 0.1) is 6.92 Å². The van der Waals surface area contributed by atoms with Gasteiger partial charge in [-0.1, -0.05) is 67.8 Å². The number of hydrogen-bond acceptors (Lipinski definition) is 2. The second kappa shape index (κ2) is 8.10. The summed E-state index contributed by atoms with van der Waals surface area (Å²) in [5.41, 5.74) is 6.13. The molecular formula is C26H29N3O. The lowest BCUT2D eigenvalue weighted by Crippen LogP contribution is -2.34. The first-order valence-corrected chi connectivity index (χ1v) is 11.2. The second-order valence-corrected chi connectivity index (χ2v) is 8.70. The van der Waals surface area contributed by atoms with Crippen molar-refractivity contribution in [3.8, 4) is 0 Å². The SMILES string of the molecule is Cc1c(CC2=NN(C3CCCCC3)C(=O)C2)c2ccccc2n1Cc1ccccc1. The third-order valence-corrected chi connectivity index (χ3v) is 6.71. The van der Waals surface area contributed by atoms with E-state index in [-0.39, 0.29) is 5.91 Å². The van der Waals surface area contributed by atoms with Crippen molar-refractivity contribution >= 4 is 22.5 Å². The molecule has 2 aliphatic rings. The zero-order valence-corrected chi connectivity index (χ0v) is 17.7. The predicted molar refractivity (Wildman–Crippen MR) is 122 cm³/mol. The van der Waals surface area contributed by atoms with Gasteiger partial charge in [-0.05, 0) is 37.0 Å². The lowest BCUT2D eigenvalue weighted by Gasteiger charge is -2.27. The van der Waals surface area contributed by atoms with Crippen LogP contribution in [0.15, 0.2) is 59.7 Å². The highest BCUT2D eigenvalue weighted by Gasteiger charge is 2.31. The van der Waals surface area contributed by atoms with Crippen LogP contribution in [0.1, 0.15) is 55.3 Å². The molecule has 1 aromatic heterocycles. The molecule has 1 fully saturated rings. The lowest BCUT2D eigenvalue weighted by atomic mass is 9.95. The number of hydrogen-bond donors (Lipinski definition) is 0. The van der Waals surface area contributed by atoms with Gasteiger partial charge in [0.05, 0.1) is 18.2 Å². The number of rotatable bonds is 5. The van der Waals surface area contributed by atoms with Gasteiger partial charge in [-0.15, -0.1) is 0 Å². The Labute approximate surface area is 178 Å². The summed E-state index contributed by atoms with van der Waals surface area (Å²) in [6.07, 6.45) is 7.12. The molecule has 0 radical (unpaired) electrons. The lowest BCUT2D eigenvalue weighted by molar-refractivity contribution is -0.131. The van der Waals surface area contributed by atoms with Crippen LogP contribution in [-0.4, -0.2) is 27.2 Å². The minimum Gasteiger partial charge on any atom is -0.340 e. The van der Waals surface area contributed by atoms with Crippen molar-refractivity contribution in [2.45, 2.75) is 64.5 Å². The van der Waals surface area contributed by atoms with Crippen LogP contribution in [0.5, 0.6) is 0 Å². The molecule has 2 heterocycles. The van der Waals surface area contributed by atoms with E-state index in [1.807, 2.05) is 5.01 Å². The number of fused-ring (bicyclic) bond motifs is 1. The van der Waals surface area contributed by atoms with Crippen molar-refractivity contribution in [3.63, 3.8) is 0 Å². The van der Waals surface area contributed by atoms with E-state index in [0.29, 0.717) is 12.5 Å². The first-order valence-electron chi connectivity index (χ1n) is 11.2. The summed E-state index contributed by atoms with van der Waals surface area (Å²) in [6.45, 7) is 3.06. The molecule has 1 saturated carbocycles. The zero-order chi connectivity index (χ0) is 20.5. The van der Waals surface area contributed by atoms with Gasteiger partial charge in [0.15, 0.2) is 0 Å². The van der Waals surface area contributed by atoms with Gasteiger partial charge >= 0.3 is 0 Å². The summed E-state index contributed by atoms with van der Waals surface area (Å²) in [5, 5.41) is 7.91. The fraction of sp³-hybridized carbons (Fsp3) is 0.385. The van der Waals surface area contributed by atoms with E-state index >= 15 is 0 Å². The zero-order valence-electron chi connectivity index (χ0n) is 17.7. The Kier molecular flexibility index (Phi) is 5.16. The van der Waals surface area contributed by atoms with Crippen LogP contribution in [0.2, 0.25) is 0 Å². The molecule has 0 bridgehead atoms. The summed E-state index contributed by atoms with van der Waals surface area (Å²) in [6, 6.07) is 19.5. The first kappa shape index (κ1) is 19.1. The highest BCUT2D eigenvalue weighted by Crippen LogP contribution is 2.30. The molecule has 2 aromatic carbocycles. The Bertz CT molecular complexity index is 1090. The molecule has 30 heavy (non-hydrogen) atoms. The van der Waals surface area contributed by atoms with E-state index in [2.05, 4.69) is 66.1 Å². The highest BCUT2D eigenvalue weighted by atomic mass is 16.2. The molecule has 0 saturated heterocycles. The van der Waals surface area contributed by atoms with Crippen LogP contribution in [0.3, 0.4) is 0 Å². The topological polar surface area (TPSA) is 37.6 Å². The molecule has 1 aliphatic heterocycles. The van der Waals surface area contributed by atoms with E-state index < -0.39 is 0 Å². The van der Waals surface area contributed by atoms with Crippen molar-refractivity contribution in [1.29, 1.82) is 0 Å². The van der Waals surface area contributed by atoms with Gasteiger partial charge in [0, 0.05) is 29.6 Å². The van der Waals surface area contributed by atoms with Gasteiger partial charge in [-0.2, -0.15) is 5.10 Å². The number of nitrogens with zero attached hydrogens (tertiary/aromatic N) is 3.